The van der Waals surface area contributed by atoms with Crippen molar-refractivity contribution in [1.82, 2.24) is 10.7 Å². The van der Waals surface area contributed by atoms with Gasteiger partial charge in [-0.2, -0.15) is 4.99 Å². The molecule has 2 aliphatic rings. The molecule has 2 aliphatic heterocycles. The van der Waals surface area contributed by atoms with E-state index in [1.54, 1.807) is 9.91 Å². The van der Waals surface area contributed by atoms with Gasteiger partial charge < -0.3 is 10.1 Å². The third-order valence-electron chi connectivity index (χ3n) is 7.68. The van der Waals surface area contributed by atoms with E-state index in [1.165, 1.54) is 36.0 Å². The van der Waals surface area contributed by atoms with Gasteiger partial charge in [-0.25, -0.2) is 9.79 Å². The fourth-order valence-corrected chi connectivity index (χ4v) is 6.23. The zero-order valence-electron chi connectivity index (χ0n) is 26.6. The second kappa shape index (κ2) is 14.5. The molecular formula is C34H37F3N6O3S. The van der Waals surface area contributed by atoms with Crippen LogP contribution in [0.2, 0.25) is 0 Å². The van der Waals surface area contributed by atoms with Gasteiger partial charge in [0.15, 0.2) is 5.17 Å². The summed E-state index contributed by atoms with van der Waals surface area (Å²) in [4.78, 5) is 36.1. The van der Waals surface area contributed by atoms with E-state index in [-0.39, 0.29) is 29.4 Å². The number of nitrogens with zero attached hydrogens (tertiary/aromatic N) is 4. The van der Waals surface area contributed by atoms with E-state index in [2.05, 4.69) is 39.3 Å². The molecule has 0 aromatic heterocycles. The summed E-state index contributed by atoms with van der Waals surface area (Å²) in [5.74, 6) is 0.717. The Morgan fingerprint density at radius 2 is 1.87 bits per heavy atom. The lowest BCUT2D eigenvalue weighted by Gasteiger charge is -2.22. The van der Waals surface area contributed by atoms with Crippen LogP contribution in [0, 0.1) is 6.92 Å². The molecule has 0 bridgehead atoms. The maximum atomic E-state index is 12.9. The minimum absolute atomic E-state index is 0.0931. The van der Waals surface area contributed by atoms with Crippen LogP contribution in [0.5, 0.6) is 5.75 Å². The van der Waals surface area contributed by atoms with Crippen molar-refractivity contribution < 1.29 is 27.5 Å². The number of aryl methyl sites for hydroxylation is 2. The number of aliphatic imine (C=N–C) groups is 2. The molecule has 1 fully saturated rings. The first-order chi connectivity index (χ1) is 22.4. The number of amidine groups is 2. The number of carbonyl (C=O) groups is 2. The van der Waals surface area contributed by atoms with E-state index in [0.29, 0.717) is 23.4 Å². The predicted octanol–water partition coefficient (Wildman–Crippen LogP) is 7.30. The molecule has 2 heterocycles. The lowest BCUT2D eigenvalue weighted by molar-refractivity contribution is -0.274. The molecule has 0 spiro atoms. The van der Waals surface area contributed by atoms with E-state index in [9.17, 15) is 22.8 Å². The first-order valence-electron chi connectivity index (χ1n) is 15.4. The van der Waals surface area contributed by atoms with Gasteiger partial charge in [0.2, 0.25) is 5.91 Å². The monoisotopic (exact) mass is 666 g/mol. The smallest absolute Gasteiger partial charge is 0.406 e. The molecule has 9 nitrogen and oxygen atoms in total. The Balaban J connectivity index is 1.12. The minimum atomic E-state index is -4.74. The Morgan fingerprint density at radius 1 is 1.11 bits per heavy atom. The number of nitrogens with one attached hydrogen (secondary N) is 2. The zero-order valence-corrected chi connectivity index (χ0v) is 27.4. The number of hydrogen-bond donors (Lipinski definition) is 2. The van der Waals surface area contributed by atoms with Gasteiger partial charge >= 0.3 is 12.4 Å². The number of amides is 3. The number of hydrazine groups is 1. The molecule has 1 unspecified atom stereocenters. The molecule has 5 rings (SSSR count). The van der Waals surface area contributed by atoms with Gasteiger partial charge in [-0.15, -0.1) is 13.2 Å². The maximum Gasteiger partial charge on any atom is 0.573 e. The van der Waals surface area contributed by atoms with Gasteiger partial charge in [0.25, 0.3) is 0 Å². The van der Waals surface area contributed by atoms with Gasteiger partial charge in [0.05, 0.1) is 17.1 Å². The van der Waals surface area contributed by atoms with Gasteiger partial charge in [0, 0.05) is 11.6 Å². The first-order valence-corrected chi connectivity index (χ1v) is 16.3. The maximum absolute atomic E-state index is 12.9. The fraction of sp³-hybridized carbons (Fsp3) is 0.353. The molecule has 47 heavy (non-hydrogen) atoms. The number of halogens is 3. The molecule has 1 atom stereocenters. The van der Waals surface area contributed by atoms with Crippen molar-refractivity contribution in [2.45, 2.75) is 65.3 Å². The lowest BCUT2D eigenvalue weighted by Crippen LogP contribution is -2.36. The lowest BCUT2D eigenvalue weighted by atomic mass is 9.99. The van der Waals surface area contributed by atoms with Gasteiger partial charge in [-0.3, -0.25) is 20.1 Å². The number of alkyl halides is 3. The molecule has 3 aromatic rings. The van der Waals surface area contributed by atoms with Crippen molar-refractivity contribution in [3.05, 3.63) is 89.0 Å². The molecule has 3 aromatic carbocycles. The Hall–Kier alpha value is -4.52. The molecule has 2 N–H and O–H groups in total. The van der Waals surface area contributed by atoms with Crippen molar-refractivity contribution in [2.75, 3.05) is 22.3 Å². The summed E-state index contributed by atoms with van der Waals surface area (Å²) in [6, 6.07) is 19.0. The quantitative estimate of drug-likeness (QED) is 0.236. The highest BCUT2D eigenvalue weighted by Gasteiger charge is 2.33. The number of ether oxygens (including phenoxy) is 1. The van der Waals surface area contributed by atoms with E-state index < -0.39 is 12.4 Å². The SMILES string of the molecule is Cc1ccc(C(C)C)c(N2C(=O)CSC2=NC(=O)NC(C)CCCc2cccc(C3=NCN(c4ccc(OC(F)(F)F)cc4)N3)c2)c1. The fourth-order valence-electron chi connectivity index (χ4n) is 5.38. The number of anilines is 2. The van der Waals surface area contributed by atoms with Crippen LogP contribution in [-0.4, -0.2) is 47.8 Å². The van der Waals surface area contributed by atoms with Crippen LogP contribution in [0.1, 0.15) is 61.8 Å². The molecule has 13 heteroatoms. The zero-order chi connectivity index (χ0) is 33.7. The Morgan fingerprint density at radius 3 is 2.60 bits per heavy atom. The van der Waals surface area contributed by atoms with E-state index in [4.69, 9.17) is 0 Å². The highest BCUT2D eigenvalue weighted by Crippen LogP contribution is 2.34. The molecular weight excluding hydrogens is 629 g/mol. The van der Waals surface area contributed by atoms with E-state index in [0.717, 1.165) is 47.2 Å². The average molecular weight is 667 g/mol. The van der Waals surface area contributed by atoms with Crippen LogP contribution >= 0.6 is 11.8 Å². The van der Waals surface area contributed by atoms with Crippen LogP contribution < -0.4 is 25.4 Å². The highest BCUT2D eigenvalue weighted by molar-refractivity contribution is 8.15. The molecule has 248 valence electrons. The van der Waals surface area contributed by atoms with Crippen molar-refractivity contribution in [2.24, 2.45) is 9.98 Å². The molecule has 1 saturated heterocycles. The topological polar surface area (TPSA) is 98.6 Å². The minimum Gasteiger partial charge on any atom is -0.406 e. The summed E-state index contributed by atoms with van der Waals surface area (Å²) < 4.78 is 41.3. The molecule has 3 amide bonds. The van der Waals surface area contributed by atoms with E-state index in [1.807, 2.05) is 56.3 Å². The molecule has 0 saturated carbocycles. The number of hydrogen-bond acceptors (Lipinski definition) is 7. The van der Waals surface area contributed by atoms with Crippen LogP contribution in [-0.2, 0) is 11.2 Å². The summed E-state index contributed by atoms with van der Waals surface area (Å²) in [7, 11) is 0. The van der Waals surface area contributed by atoms with Crippen LogP contribution in [0.15, 0.2) is 76.7 Å². The summed E-state index contributed by atoms with van der Waals surface area (Å²) >= 11 is 1.27. The first kappa shape index (κ1) is 33.8. The summed E-state index contributed by atoms with van der Waals surface area (Å²) in [5.41, 5.74) is 8.68. The summed E-state index contributed by atoms with van der Waals surface area (Å²) in [6.45, 7) is 8.35. The number of thioether (sulfide) groups is 1. The molecule has 0 radical (unpaired) electrons. The van der Waals surface area contributed by atoms with Gasteiger partial charge in [-0.05, 0) is 92.1 Å². The predicted molar refractivity (Wildman–Crippen MR) is 180 cm³/mol. The Kier molecular flexibility index (Phi) is 10.4. The van der Waals surface area contributed by atoms with Crippen molar-refractivity contribution in [1.29, 1.82) is 0 Å². The largest absolute Gasteiger partial charge is 0.573 e. The summed E-state index contributed by atoms with van der Waals surface area (Å²) in [5, 5.41) is 5.06. The Bertz CT molecular complexity index is 1680. The number of urea groups is 1. The second-order valence-electron chi connectivity index (χ2n) is 11.8. The van der Waals surface area contributed by atoms with Crippen LogP contribution in [0.25, 0.3) is 0 Å². The van der Waals surface area contributed by atoms with Gasteiger partial charge in [-0.1, -0.05) is 55.9 Å². The summed E-state index contributed by atoms with van der Waals surface area (Å²) in [6.07, 6.45) is -2.41. The average Bonchev–Trinajstić information content (AvgIpc) is 3.64. The highest BCUT2D eigenvalue weighted by atomic mass is 32.2. The van der Waals surface area contributed by atoms with Gasteiger partial charge in [0.1, 0.15) is 18.3 Å². The third-order valence-corrected chi connectivity index (χ3v) is 8.60. The van der Waals surface area contributed by atoms with Crippen molar-refractivity contribution in [3.63, 3.8) is 0 Å². The van der Waals surface area contributed by atoms with Crippen molar-refractivity contribution >= 4 is 46.1 Å². The number of benzene rings is 3. The molecule has 0 aliphatic carbocycles. The standard InChI is InChI=1S/C34H37F3N6O3S/c1-21(2)28-16-11-22(3)17-29(28)43-30(44)19-47-33(43)40-32(45)39-23(4)7-5-8-24-9-6-10-25(18-24)31-38-20-42(41-31)26-12-14-27(15-13-26)46-34(35,36)37/h6,9-18,21,23H,5,7-8,19-20H2,1-4H3,(H,38,41)(H,39,45). The second-order valence-corrected chi connectivity index (χ2v) is 12.7. The number of rotatable bonds is 10. The normalized spacial score (nSPS) is 16.5. The van der Waals surface area contributed by atoms with Crippen LogP contribution in [0.4, 0.5) is 29.3 Å². The van der Waals surface area contributed by atoms with Crippen LogP contribution in [0.3, 0.4) is 0 Å². The third kappa shape index (κ3) is 8.85. The Labute approximate surface area is 276 Å². The van der Waals surface area contributed by atoms with E-state index >= 15 is 0 Å². The van der Waals surface area contributed by atoms with Crippen molar-refractivity contribution in [3.8, 4) is 5.75 Å². The number of carbonyl (C=O) groups excluding carboxylic acids is 2.